The maximum absolute atomic E-state index is 12.3. The summed E-state index contributed by atoms with van der Waals surface area (Å²) in [6.45, 7) is 2.41. The predicted octanol–water partition coefficient (Wildman–Crippen LogP) is 3.87. The van der Waals surface area contributed by atoms with Crippen LogP contribution in [0.25, 0.3) is 10.8 Å². The second kappa shape index (κ2) is 9.68. The van der Waals surface area contributed by atoms with Crippen LogP contribution in [0.1, 0.15) is 39.0 Å². The Labute approximate surface area is 155 Å². The Morgan fingerprint density at radius 2 is 1.59 bits per heavy atom. The van der Waals surface area contributed by atoms with Gasteiger partial charge in [0.2, 0.25) is 0 Å². The summed E-state index contributed by atoms with van der Waals surface area (Å²) in [4.78, 5) is 0.258. The van der Waals surface area contributed by atoms with Crippen LogP contribution >= 0.6 is 0 Å². The van der Waals surface area contributed by atoms with Crippen molar-refractivity contribution in [3.8, 4) is 0 Å². The second-order valence-corrected chi connectivity index (χ2v) is 6.75. The monoisotopic (exact) mass is 330 g/mol. The van der Waals surface area contributed by atoms with Gasteiger partial charge in [0.25, 0.3) is 10.1 Å². The topological polar surface area (TPSA) is 43.4 Å². The third kappa shape index (κ3) is 5.36. The number of fused-ring (bicyclic) bond motifs is 1. The van der Waals surface area contributed by atoms with Crippen LogP contribution in [0.3, 0.4) is 0 Å². The van der Waals surface area contributed by atoms with Gasteiger partial charge in [-0.3, -0.25) is 4.18 Å². The quantitative estimate of drug-likeness (QED) is 0.419. The Bertz CT molecular complexity index is 678. The molecular weight excluding hydrogens is 307 g/mol. The van der Waals surface area contributed by atoms with E-state index in [1.54, 1.807) is 12.1 Å². The van der Waals surface area contributed by atoms with Gasteiger partial charge in [-0.25, -0.2) is 0 Å². The van der Waals surface area contributed by atoms with Gasteiger partial charge < -0.3 is 0 Å². The zero-order valence-electron chi connectivity index (χ0n) is 12.4. The molecule has 22 heavy (non-hydrogen) atoms. The normalized spacial score (nSPS) is 11.3. The maximum atomic E-state index is 12.3. The zero-order chi connectivity index (χ0) is 15.1. The summed E-state index contributed by atoms with van der Waals surface area (Å²) in [5, 5.41) is 1.62. The minimum atomic E-state index is -3.68. The van der Waals surface area contributed by atoms with Crippen LogP contribution in [-0.4, -0.2) is 44.6 Å². The molecule has 0 aromatic heterocycles. The summed E-state index contributed by atoms with van der Waals surface area (Å²) in [7, 11) is -3.68. The van der Waals surface area contributed by atoms with Crippen molar-refractivity contribution < 1.29 is 12.6 Å². The van der Waals surface area contributed by atoms with Crippen molar-refractivity contribution in [1.29, 1.82) is 0 Å². The molecule has 0 spiro atoms. The average molecular weight is 330 g/mol. The van der Waals surface area contributed by atoms with Crippen LogP contribution in [0.2, 0.25) is 0 Å². The standard InChI is InChI=1S/C17H22O3S.Na.H/c1-2-3-4-5-8-14-20-21(18,19)17-13-9-11-15-10-6-7-12-16(15)17;;/h6-7,9-13H,2-5,8,14H2,1H3;;. The fourth-order valence-corrected chi connectivity index (χ4v) is 3.52. The van der Waals surface area contributed by atoms with Crippen molar-refractivity contribution >= 4 is 50.4 Å². The number of benzene rings is 2. The average Bonchev–Trinajstić information content (AvgIpc) is 2.50. The van der Waals surface area contributed by atoms with E-state index in [1.807, 2.05) is 30.3 Å². The van der Waals surface area contributed by atoms with Crippen molar-refractivity contribution in [3.05, 3.63) is 42.5 Å². The van der Waals surface area contributed by atoms with Crippen molar-refractivity contribution in [2.24, 2.45) is 0 Å². The molecular formula is C17H23NaO3S. The zero-order valence-corrected chi connectivity index (χ0v) is 13.2. The van der Waals surface area contributed by atoms with E-state index in [0.717, 1.165) is 24.6 Å². The molecule has 0 atom stereocenters. The second-order valence-electron chi connectivity index (χ2n) is 5.17. The molecule has 0 amide bonds. The number of rotatable bonds is 8. The number of hydrogen-bond donors (Lipinski definition) is 0. The first-order valence-corrected chi connectivity index (χ1v) is 8.93. The van der Waals surface area contributed by atoms with Crippen LogP contribution in [0, 0.1) is 0 Å². The van der Waals surface area contributed by atoms with Gasteiger partial charge in [-0.1, -0.05) is 69.0 Å². The van der Waals surface area contributed by atoms with E-state index in [1.165, 1.54) is 12.8 Å². The Morgan fingerprint density at radius 3 is 2.36 bits per heavy atom. The van der Waals surface area contributed by atoms with Crippen LogP contribution < -0.4 is 0 Å². The SMILES string of the molecule is CCCCCCCOS(=O)(=O)c1cccc2ccccc12.[NaH]. The summed E-state index contributed by atoms with van der Waals surface area (Å²) in [6.07, 6.45) is 5.29. The molecule has 2 aromatic carbocycles. The number of hydrogen-bond acceptors (Lipinski definition) is 3. The fourth-order valence-electron chi connectivity index (χ4n) is 2.35. The van der Waals surface area contributed by atoms with Crippen LogP contribution in [0.5, 0.6) is 0 Å². The summed E-state index contributed by atoms with van der Waals surface area (Å²) in [6, 6.07) is 12.7. The Morgan fingerprint density at radius 1 is 0.909 bits per heavy atom. The van der Waals surface area contributed by atoms with E-state index in [0.29, 0.717) is 5.39 Å². The Kier molecular flexibility index (Phi) is 8.65. The first kappa shape index (κ1) is 19.7. The van der Waals surface area contributed by atoms with Gasteiger partial charge >= 0.3 is 29.6 Å². The molecule has 2 rings (SSSR count). The molecule has 0 N–H and O–H groups in total. The van der Waals surface area contributed by atoms with Gasteiger partial charge in [-0.2, -0.15) is 8.42 Å². The Hall–Kier alpha value is -0.390. The van der Waals surface area contributed by atoms with Gasteiger partial charge in [-0.05, 0) is 17.9 Å². The van der Waals surface area contributed by atoms with E-state index >= 15 is 0 Å². The first-order chi connectivity index (χ1) is 10.1. The van der Waals surface area contributed by atoms with Crippen LogP contribution in [0.15, 0.2) is 47.4 Å². The van der Waals surface area contributed by atoms with Gasteiger partial charge in [0.05, 0.1) is 6.61 Å². The third-order valence-electron chi connectivity index (χ3n) is 3.51. The first-order valence-electron chi connectivity index (χ1n) is 7.52. The van der Waals surface area contributed by atoms with Crippen molar-refractivity contribution in [1.82, 2.24) is 0 Å². The van der Waals surface area contributed by atoms with E-state index < -0.39 is 10.1 Å². The van der Waals surface area contributed by atoms with E-state index in [2.05, 4.69) is 6.92 Å². The van der Waals surface area contributed by atoms with E-state index in [-0.39, 0.29) is 41.1 Å². The molecule has 2 aromatic rings. The molecule has 0 aliphatic rings. The van der Waals surface area contributed by atoms with Gasteiger partial charge in [0.15, 0.2) is 0 Å². The van der Waals surface area contributed by atoms with Crippen molar-refractivity contribution in [3.63, 3.8) is 0 Å². The minimum absolute atomic E-state index is 0. The molecule has 0 radical (unpaired) electrons. The molecule has 0 aliphatic heterocycles. The van der Waals surface area contributed by atoms with Crippen LogP contribution in [-0.2, 0) is 14.3 Å². The third-order valence-corrected chi connectivity index (χ3v) is 4.88. The molecule has 5 heteroatoms. The van der Waals surface area contributed by atoms with Gasteiger partial charge in [0, 0.05) is 5.39 Å². The molecule has 0 bridgehead atoms. The fraction of sp³-hybridized carbons (Fsp3) is 0.412. The number of unbranched alkanes of at least 4 members (excludes halogenated alkanes) is 4. The Balaban J connectivity index is 0.00000242. The predicted molar refractivity (Wildman–Crippen MR) is 93.0 cm³/mol. The van der Waals surface area contributed by atoms with Crippen molar-refractivity contribution in [2.75, 3.05) is 6.61 Å². The molecule has 3 nitrogen and oxygen atoms in total. The van der Waals surface area contributed by atoms with Gasteiger partial charge in [0.1, 0.15) is 4.90 Å². The van der Waals surface area contributed by atoms with Crippen molar-refractivity contribution in [2.45, 2.75) is 43.9 Å². The van der Waals surface area contributed by atoms with E-state index in [9.17, 15) is 8.42 Å². The molecule has 0 fully saturated rings. The van der Waals surface area contributed by atoms with E-state index in [4.69, 9.17) is 4.18 Å². The molecule has 0 saturated heterocycles. The summed E-state index contributed by atoms with van der Waals surface area (Å²) < 4.78 is 29.8. The van der Waals surface area contributed by atoms with Crippen LogP contribution in [0.4, 0.5) is 0 Å². The molecule has 0 aliphatic carbocycles. The van der Waals surface area contributed by atoms with Gasteiger partial charge in [-0.15, -0.1) is 0 Å². The molecule has 0 saturated carbocycles. The summed E-state index contributed by atoms with van der Waals surface area (Å²) >= 11 is 0. The summed E-state index contributed by atoms with van der Waals surface area (Å²) in [5.41, 5.74) is 0. The molecule has 0 heterocycles. The molecule has 0 unspecified atom stereocenters. The molecule has 116 valence electrons. The summed E-state index contributed by atoms with van der Waals surface area (Å²) in [5.74, 6) is 0.